The maximum absolute atomic E-state index is 10.2. The average molecular weight is 239 g/mol. The van der Waals surface area contributed by atoms with Crippen LogP contribution >= 0.6 is 27.5 Å². The molecule has 1 heterocycles. The number of aliphatic carboxylic acids is 1. The Bertz CT molecular complexity index is 286. The van der Waals surface area contributed by atoms with Crippen LogP contribution in [0.25, 0.3) is 0 Å². The van der Waals surface area contributed by atoms with Crippen LogP contribution in [0.2, 0.25) is 5.15 Å². The Morgan fingerprint density at radius 1 is 1.82 bits per heavy atom. The van der Waals surface area contributed by atoms with Gasteiger partial charge in [0, 0.05) is 0 Å². The van der Waals surface area contributed by atoms with Crippen molar-refractivity contribution in [2.75, 3.05) is 0 Å². The molecule has 60 valence electrons. The zero-order valence-corrected chi connectivity index (χ0v) is 7.61. The summed E-state index contributed by atoms with van der Waals surface area (Å²) < 4.78 is 0.515. The molecule has 0 amide bonds. The molecule has 0 atom stereocenters. The van der Waals surface area contributed by atoms with E-state index in [1.165, 1.54) is 0 Å². The van der Waals surface area contributed by atoms with Gasteiger partial charge in [-0.05, 0) is 15.9 Å². The molecule has 6 heteroatoms. The Labute approximate surface area is 75.7 Å². The minimum atomic E-state index is -0.925. The highest BCUT2D eigenvalue weighted by Gasteiger charge is 2.10. The van der Waals surface area contributed by atoms with Gasteiger partial charge in [-0.15, -0.1) is 0 Å². The number of carboxylic acid groups (broad SMARTS) is 1. The lowest BCUT2D eigenvalue weighted by Crippen LogP contribution is -2.00. The fraction of sp³-hybridized carbons (Fsp3) is 0.200. The molecular formula is C5H4BrClN2O2. The SMILES string of the molecule is O=C(O)Cc1[nH]nc(Cl)c1Br. The lowest BCUT2D eigenvalue weighted by atomic mass is 10.3. The molecule has 0 fully saturated rings. The number of hydrogen-bond acceptors (Lipinski definition) is 2. The highest BCUT2D eigenvalue weighted by molar-refractivity contribution is 9.10. The predicted octanol–water partition coefficient (Wildman–Crippen LogP) is 1.45. The summed E-state index contributed by atoms with van der Waals surface area (Å²) >= 11 is 8.62. The van der Waals surface area contributed by atoms with Crippen LogP contribution < -0.4 is 0 Å². The van der Waals surface area contributed by atoms with E-state index in [1.54, 1.807) is 0 Å². The molecule has 0 aliphatic heterocycles. The zero-order valence-electron chi connectivity index (χ0n) is 5.27. The van der Waals surface area contributed by atoms with Crippen molar-refractivity contribution in [2.24, 2.45) is 0 Å². The van der Waals surface area contributed by atoms with E-state index >= 15 is 0 Å². The van der Waals surface area contributed by atoms with Gasteiger partial charge in [-0.3, -0.25) is 9.89 Å². The maximum atomic E-state index is 10.2. The second kappa shape index (κ2) is 3.23. The molecule has 0 radical (unpaired) electrons. The molecule has 4 nitrogen and oxygen atoms in total. The molecule has 1 rings (SSSR count). The minimum Gasteiger partial charge on any atom is -0.481 e. The molecule has 11 heavy (non-hydrogen) atoms. The number of hydrogen-bond donors (Lipinski definition) is 2. The van der Waals surface area contributed by atoms with E-state index in [-0.39, 0.29) is 11.6 Å². The van der Waals surface area contributed by atoms with E-state index in [1.807, 2.05) is 0 Å². The third-order valence-corrected chi connectivity index (χ3v) is 2.42. The third kappa shape index (κ3) is 1.94. The number of H-pyrrole nitrogens is 1. The first-order valence-corrected chi connectivity index (χ1v) is 3.88. The Kier molecular flexibility index (Phi) is 2.51. The molecule has 0 aliphatic carbocycles. The van der Waals surface area contributed by atoms with Gasteiger partial charge in [-0.25, -0.2) is 0 Å². The minimum absolute atomic E-state index is 0.111. The van der Waals surface area contributed by atoms with Gasteiger partial charge in [0.2, 0.25) is 0 Å². The van der Waals surface area contributed by atoms with Crippen molar-refractivity contribution in [1.29, 1.82) is 0 Å². The smallest absolute Gasteiger partial charge is 0.309 e. The van der Waals surface area contributed by atoms with Crippen molar-refractivity contribution < 1.29 is 9.90 Å². The molecule has 2 N–H and O–H groups in total. The lowest BCUT2D eigenvalue weighted by Gasteiger charge is -1.89. The first-order valence-electron chi connectivity index (χ1n) is 2.71. The fourth-order valence-electron chi connectivity index (χ4n) is 0.608. The lowest BCUT2D eigenvalue weighted by molar-refractivity contribution is -0.136. The molecule has 1 aromatic rings. The Hall–Kier alpha value is -0.550. The molecule has 0 bridgehead atoms. The highest BCUT2D eigenvalue weighted by Crippen LogP contribution is 2.23. The monoisotopic (exact) mass is 238 g/mol. The Morgan fingerprint density at radius 2 is 2.45 bits per heavy atom. The number of carboxylic acids is 1. The first kappa shape index (κ1) is 8.55. The molecule has 0 unspecified atom stereocenters. The van der Waals surface area contributed by atoms with E-state index in [9.17, 15) is 4.79 Å². The van der Waals surface area contributed by atoms with Crippen LogP contribution in [0.15, 0.2) is 4.47 Å². The van der Waals surface area contributed by atoms with Crippen molar-refractivity contribution in [3.63, 3.8) is 0 Å². The summed E-state index contributed by atoms with van der Waals surface area (Å²) in [6.07, 6.45) is -0.111. The summed E-state index contributed by atoms with van der Waals surface area (Å²) in [7, 11) is 0. The predicted molar refractivity (Wildman–Crippen MR) is 42.6 cm³/mol. The van der Waals surface area contributed by atoms with Gasteiger partial charge in [0.15, 0.2) is 5.15 Å². The number of aromatic amines is 1. The second-order valence-corrected chi connectivity index (χ2v) is 3.03. The van der Waals surface area contributed by atoms with E-state index < -0.39 is 5.97 Å². The van der Waals surface area contributed by atoms with Crippen molar-refractivity contribution in [3.05, 3.63) is 15.3 Å². The number of nitrogens with zero attached hydrogens (tertiary/aromatic N) is 1. The molecule has 0 spiro atoms. The van der Waals surface area contributed by atoms with Gasteiger partial charge < -0.3 is 5.11 Å². The third-order valence-electron chi connectivity index (χ3n) is 1.06. The topological polar surface area (TPSA) is 66.0 Å². The van der Waals surface area contributed by atoms with Gasteiger partial charge in [-0.1, -0.05) is 11.6 Å². The number of aromatic nitrogens is 2. The van der Waals surface area contributed by atoms with Crippen molar-refractivity contribution in [3.8, 4) is 0 Å². The molecule has 1 aromatic heterocycles. The van der Waals surface area contributed by atoms with Gasteiger partial charge in [0.1, 0.15) is 0 Å². The van der Waals surface area contributed by atoms with E-state index in [0.29, 0.717) is 10.2 Å². The van der Waals surface area contributed by atoms with Crippen LogP contribution in [0.4, 0.5) is 0 Å². The number of carbonyl (C=O) groups is 1. The van der Waals surface area contributed by atoms with E-state index in [2.05, 4.69) is 26.1 Å². The summed E-state index contributed by atoms with van der Waals surface area (Å²) in [4.78, 5) is 10.2. The van der Waals surface area contributed by atoms with Gasteiger partial charge >= 0.3 is 5.97 Å². The summed E-state index contributed by atoms with van der Waals surface area (Å²) in [5.74, 6) is -0.925. The normalized spacial score (nSPS) is 10.0. The van der Waals surface area contributed by atoms with Gasteiger partial charge in [0.05, 0.1) is 16.6 Å². The quantitative estimate of drug-likeness (QED) is 0.821. The molecule has 0 saturated heterocycles. The largest absolute Gasteiger partial charge is 0.481 e. The van der Waals surface area contributed by atoms with Crippen molar-refractivity contribution in [1.82, 2.24) is 10.2 Å². The fourth-order valence-corrected chi connectivity index (χ4v) is 1.08. The number of rotatable bonds is 2. The average Bonchev–Trinajstić information content (AvgIpc) is 2.18. The van der Waals surface area contributed by atoms with Crippen LogP contribution in [-0.4, -0.2) is 21.3 Å². The van der Waals surface area contributed by atoms with Crippen LogP contribution in [0.1, 0.15) is 5.69 Å². The van der Waals surface area contributed by atoms with Crippen molar-refractivity contribution in [2.45, 2.75) is 6.42 Å². The highest BCUT2D eigenvalue weighted by atomic mass is 79.9. The van der Waals surface area contributed by atoms with E-state index in [4.69, 9.17) is 16.7 Å². The standard InChI is InChI=1S/C5H4BrClN2O2/c6-4-2(1-3(10)11)8-9-5(4)7/h1H2,(H,8,9)(H,10,11). The van der Waals surface area contributed by atoms with Gasteiger partial charge in [0.25, 0.3) is 0 Å². The zero-order chi connectivity index (χ0) is 8.43. The van der Waals surface area contributed by atoms with Crippen molar-refractivity contribution >= 4 is 33.5 Å². The van der Waals surface area contributed by atoms with Crippen LogP contribution in [-0.2, 0) is 11.2 Å². The van der Waals surface area contributed by atoms with E-state index in [0.717, 1.165) is 0 Å². The molecule has 0 aliphatic rings. The molecule has 0 aromatic carbocycles. The molecule has 0 saturated carbocycles. The summed E-state index contributed by atoms with van der Waals surface area (Å²) in [5, 5.41) is 14.7. The van der Waals surface area contributed by atoms with Crippen LogP contribution in [0.5, 0.6) is 0 Å². The van der Waals surface area contributed by atoms with Crippen LogP contribution in [0.3, 0.4) is 0 Å². The molecular weight excluding hydrogens is 235 g/mol. The summed E-state index contributed by atoms with van der Waals surface area (Å²) in [6.45, 7) is 0. The van der Waals surface area contributed by atoms with Crippen LogP contribution in [0, 0.1) is 0 Å². The first-order chi connectivity index (χ1) is 5.11. The summed E-state index contributed by atoms with van der Waals surface area (Å²) in [6, 6.07) is 0. The Balaban J connectivity index is 2.87. The maximum Gasteiger partial charge on any atom is 0.309 e. The summed E-state index contributed by atoms with van der Waals surface area (Å²) in [5.41, 5.74) is 0.475. The Morgan fingerprint density at radius 3 is 2.82 bits per heavy atom. The second-order valence-electron chi connectivity index (χ2n) is 1.88. The number of halogens is 2. The van der Waals surface area contributed by atoms with Gasteiger partial charge in [-0.2, -0.15) is 5.10 Å². The number of nitrogens with one attached hydrogen (secondary N) is 1.